The predicted molar refractivity (Wildman–Crippen MR) is 275 cm³/mol. The van der Waals surface area contributed by atoms with E-state index in [1.165, 1.54) is 173 Å². The van der Waals surface area contributed by atoms with Crippen LogP contribution >= 0.6 is 7.82 Å². The average Bonchev–Trinajstić information content (AvgIpc) is 3.29. The van der Waals surface area contributed by atoms with Gasteiger partial charge in [-0.3, -0.25) is 13.8 Å². The standard InChI is InChI=1S/C55H102NO7P/c1-3-5-7-9-11-13-15-17-19-21-23-25-26-27-28-29-30-32-34-36-38-40-42-44-46-48-55(57)63-54(53-62-64(58,59)61-51-49-56)52-60-50-47-45-43-41-39-37-35-33-31-24-22-20-18-16-14-12-10-8-6-4-2/h12,14-15,17-18,20-21,23,26-27,54H,3-11,13,16,19,22,24-25,28-53,56H2,1-2H3,(H,58,59)/b14-12-,17-15-,20-18-,23-21-,27-26-. The van der Waals surface area contributed by atoms with Crippen LogP contribution in [0.2, 0.25) is 0 Å². The maximum absolute atomic E-state index is 12.7. The van der Waals surface area contributed by atoms with E-state index in [0.717, 1.165) is 51.4 Å². The van der Waals surface area contributed by atoms with Crippen LogP contribution < -0.4 is 5.73 Å². The first-order chi connectivity index (χ1) is 31.4. The molecule has 0 aliphatic rings. The van der Waals surface area contributed by atoms with Crippen LogP contribution in [0.4, 0.5) is 0 Å². The lowest BCUT2D eigenvalue weighted by Gasteiger charge is -2.20. The van der Waals surface area contributed by atoms with Crippen LogP contribution in [0.15, 0.2) is 60.8 Å². The van der Waals surface area contributed by atoms with Crippen LogP contribution in [0.25, 0.3) is 0 Å². The Balaban J connectivity index is 3.94. The van der Waals surface area contributed by atoms with Crippen molar-refractivity contribution in [2.24, 2.45) is 5.73 Å². The maximum Gasteiger partial charge on any atom is 0.472 e. The second-order valence-corrected chi connectivity index (χ2v) is 19.2. The maximum atomic E-state index is 12.7. The molecule has 9 heteroatoms. The lowest BCUT2D eigenvalue weighted by atomic mass is 10.0. The van der Waals surface area contributed by atoms with Gasteiger partial charge in [0.05, 0.1) is 19.8 Å². The summed E-state index contributed by atoms with van der Waals surface area (Å²) in [5.41, 5.74) is 5.39. The molecule has 0 bridgehead atoms. The number of rotatable bonds is 51. The first kappa shape index (κ1) is 62.2. The number of esters is 1. The third-order valence-electron chi connectivity index (χ3n) is 11.4. The number of phosphoric acid groups is 1. The van der Waals surface area contributed by atoms with Crippen molar-refractivity contribution < 1.29 is 32.8 Å². The Labute approximate surface area is 395 Å². The van der Waals surface area contributed by atoms with Crippen LogP contribution in [0.1, 0.15) is 245 Å². The fourth-order valence-electron chi connectivity index (χ4n) is 7.45. The summed E-state index contributed by atoms with van der Waals surface area (Å²) >= 11 is 0. The Hall–Kier alpha value is -1.80. The Morgan fingerprint density at radius 3 is 1.27 bits per heavy atom. The summed E-state index contributed by atoms with van der Waals surface area (Å²) in [6.07, 6.45) is 65.4. The first-order valence-electron chi connectivity index (χ1n) is 26.8. The van der Waals surface area contributed by atoms with E-state index in [0.29, 0.717) is 13.0 Å². The van der Waals surface area contributed by atoms with Crippen molar-refractivity contribution in [2.45, 2.75) is 251 Å². The molecule has 8 nitrogen and oxygen atoms in total. The van der Waals surface area contributed by atoms with Crippen LogP contribution in [0.3, 0.4) is 0 Å². The second kappa shape index (κ2) is 52.2. The molecule has 0 rings (SSSR count). The molecule has 0 aliphatic heterocycles. The highest BCUT2D eigenvalue weighted by Crippen LogP contribution is 2.43. The van der Waals surface area contributed by atoms with Gasteiger partial charge in [0.2, 0.25) is 0 Å². The summed E-state index contributed by atoms with van der Waals surface area (Å²) in [6.45, 7) is 4.90. The third kappa shape index (κ3) is 51.2. The Kier molecular flexibility index (Phi) is 50.7. The van der Waals surface area contributed by atoms with Gasteiger partial charge in [-0.15, -0.1) is 0 Å². The van der Waals surface area contributed by atoms with Gasteiger partial charge < -0.3 is 20.1 Å². The smallest absolute Gasteiger partial charge is 0.457 e. The summed E-state index contributed by atoms with van der Waals surface area (Å²) in [5, 5.41) is 0. The summed E-state index contributed by atoms with van der Waals surface area (Å²) in [5.74, 6) is -0.334. The molecule has 64 heavy (non-hydrogen) atoms. The summed E-state index contributed by atoms with van der Waals surface area (Å²) in [7, 11) is -4.29. The minimum absolute atomic E-state index is 0.0974. The van der Waals surface area contributed by atoms with E-state index in [-0.39, 0.29) is 32.3 Å². The molecule has 0 aromatic carbocycles. The van der Waals surface area contributed by atoms with Crippen molar-refractivity contribution in [2.75, 3.05) is 33.0 Å². The van der Waals surface area contributed by atoms with Crippen LogP contribution in [-0.2, 0) is 27.9 Å². The number of nitrogens with two attached hydrogens (primary N) is 1. The zero-order valence-corrected chi connectivity index (χ0v) is 42.7. The first-order valence-corrected chi connectivity index (χ1v) is 28.3. The number of hydrogen-bond donors (Lipinski definition) is 2. The molecule has 0 radical (unpaired) electrons. The van der Waals surface area contributed by atoms with E-state index in [1.54, 1.807) is 0 Å². The molecule has 0 aromatic heterocycles. The Bertz CT molecular complexity index is 1170. The average molecular weight is 920 g/mol. The van der Waals surface area contributed by atoms with Gasteiger partial charge in [0.15, 0.2) is 0 Å². The number of unbranched alkanes of at least 4 members (excludes halogenated alkanes) is 28. The molecule has 0 spiro atoms. The molecule has 3 N–H and O–H groups in total. The van der Waals surface area contributed by atoms with Gasteiger partial charge in [-0.25, -0.2) is 4.57 Å². The van der Waals surface area contributed by atoms with E-state index >= 15 is 0 Å². The van der Waals surface area contributed by atoms with Gasteiger partial charge in [0.1, 0.15) is 6.10 Å². The zero-order valence-electron chi connectivity index (χ0n) is 41.8. The second-order valence-electron chi connectivity index (χ2n) is 17.7. The molecule has 374 valence electrons. The molecular weight excluding hydrogens is 818 g/mol. The monoisotopic (exact) mass is 920 g/mol. The number of allylic oxidation sites excluding steroid dienone is 10. The molecule has 0 heterocycles. The topological polar surface area (TPSA) is 117 Å². The molecular formula is C55H102NO7P. The molecule has 0 saturated heterocycles. The van der Waals surface area contributed by atoms with Crippen LogP contribution in [-0.4, -0.2) is 49.9 Å². The number of phosphoric ester groups is 1. The Morgan fingerprint density at radius 2 is 0.828 bits per heavy atom. The lowest BCUT2D eigenvalue weighted by molar-refractivity contribution is -0.154. The third-order valence-corrected chi connectivity index (χ3v) is 12.4. The van der Waals surface area contributed by atoms with Crippen molar-refractivity contribution in [1.82, 2.24) is 0 Å². The highest BCUT2D eigenvalue weighted by molar-refractivity contribution is 7.47. The fraction of sp³-hybridized carbons (Fsp3) is 0.800. The largest absolute Gasteiger partial charge is 0.472 e. The van der Waals surface area contributed by atoms with Gasteiger partial charge in [0, 0.05) is 19.6 Å². The molecule has 0 aliphatic carbocycles. The molecule has 2 unspecified atom stereocenters. The van der Waals surface area contributed by atoms with Gasteiger partial charge in [-0.2, -0.15) is 0 Å². The van der Waals surface area contributed by atoms with Crippen molar-refractivity contribution in [3.63, 3.8) is 0 Å². The quantitative estimate of drug-likeness (QED) is 0.0268. The predicted octanol–water partition coefficient (Wildman–Crippen LogP) is 16.9. The number of hydrogen-bond acceptors (Lipinski definition) is 7. The summed E-state index contributed by atoms with van der Waals surface area (Å²) < 4.78 is 33.6. The minimum Gasteiger partial charge on any atom is -0.457 e. The normalized spacial score (nSPS) is 13.8. The Morgan fingerprint density at radius 1 is 0.469 bits per heavy atom. The summed E-state index contributed by atoms with van der Waals surface area (Å²) in [4.78, 5) is 22.6. The van der Waals surface area contributed by atoms with E-state index < -0.39 is 13.9 Å². The highest BCUT2D eigenvalue weighted by atomic mass is 31.2. The van der Waals surface area contributed by atoms with Gasteiger partial charge in [0.25, 0.3) is 0 Å². The number of carbonyl (C=O) groups excluding carboxylic acids is 1. The highest BCUT2D eigenvalue weighted by Gasteiger charge is 2.25. The molecule has 2 atom stereocenters. The molecule has 0 saturated carbocycles. The molecule has 0 aromatic rings. The van der Waals surface area contributed by atoms with Gasteiger partial charge in [-0.1, -0.05) is 216 Å². The molecule has 0 fully saturated rings. The lowest BCUT2D eigenvalue weighted by Crippen LogP contribution is -2.28. The van der Waals surface area contributed by atoms with Crippen molar-refractivity contribution in [3.05, 3.63) is 60.8 Å². The summed E-state index contributed by atoms with van der Waals surface area (Å²) in [6, 6.07) is 0. The number of ether oxygens (including phenoxy) is 2. The van der Waals surface area contributed by atoms with E-state index in [4.69, 9.17) is 24.3 Å². The van der Waals surface area contributed by atoms with Crippen molar-refractivity contribution in [1.29, 1.82) is 0 Å². The van der Waals surface area contributed by atoms with Crippen LogP contribution in [0, 0.1) is 0 Å². The van der Waals surface area contributed by atoms with E-state index in [1.807, 2.05) is 0 Å². The SMILES string of the molecule is CCCCC/C=C\C/C=C\CCCCCCCCCCCCOCC(COP(=O)(O)OCCN)OC(=O)CCCCCCCCCCCC/C=C\C/C=C\C/C=C\CCCCCCC. The van der Waals surface area contributed by atoms with Crippen LogP contribution in [0.5, 0.6) is 0 Å². The zero-order chi connectivity index (χ0) is 46.5. The fourth-order valence-corrected chi connectivity index (χ4v) is 8.21. The van der Waals surface area contributed by atoms with E-state index in [9.17, 15) is 14.3 Å². The molecule has 0 amide bonds. The number of carbonyl (C=O) groups is 1. The minimum atomic E-state index is -4.29. The van der Waals surface area contributed by atoms with Crippen molar-refractivity contribution >= 4 is 13.8 Å². The van der Waals surface area contributed by atoms with Gasteiger partial charge in [-0.05, 0) is 83.5 Å². The van der Waals surface area contributed by atoms with Crippen molar-refractivity contribution in [3.8, 4) is 0 Å². The van der Waals surface area contributed by atoms with Gasteiger partial charge >= 0.3 is 13.8 Å². The van der Waals surface area contributed by atoms with E-state index in [2.05, 4.69) is 74.6 Å².